The van der Waals surface area contributed by atoms with Crippen LogP contribution in [0.3, 0.4) is 0 Å². The fraction of sp³-hybridized carbons (Fsp3) is 0. The van der Waals surface area contributed by atoms with E-state index in [1.54, 1.807) is 6.07 Å². The number of fused-ring (bicyclic) bond motifs is 1. The van der Waals surface area contributed by atoms with Gasteiger partial charge in [0, 0.05) is 26.1 Å². The average Bonchev–Trinajstić information content (AvgIpc) is 2.68. The fourth-order valence-corrected chi connectivity index (χ4v) is 6.15. The summed E-state index contributed by atoms with van der Waals surface area (Å²) in [6, 6.07) is 29.1. The SMILES string of the molecule is O=c1ccc2ccc(S(Cl)(c3ccccc3)c3ccccc3)cc2o1. The summed E-state index contributed by atoms with van der Waals surface area (Å²) in [5, 5.41) is 0.878. The normalized spacial score (nSPS) is 12.2. The van der Waals surface area contributed by atoms with Crippen molar-refractivity contribution < 1.29 is 4.42 Å². The summed E-state index contributed by atoms with van der Waals surface area (Å²) in [4.78, 5) is 14.6. The molecule has 0 N–H and O–H groups in total. The van der Waals surface area contributed by atoms with Crippen LogP contribution in [0.5, 0.6) is 0 Å². The molecule has 4 heteroatoms. The predicted octanol–water partition coefficient (Wildman–Crippen LogP) is 6.23. The van der Waals surface area contributed by atoms with Crippen molar-refractivity contribution >= 4 is 30.9 Å². The van der Waals surface area contributed by atoms with Crippen LogP contribution in [0.1, 0.15) is 0 Å². The number of rotatable bonds is 3. The Kier molecular flexibility index (Phi) is 4.12. The average molecular weight is 367 g/mol. The van der Waals surface area contributed by atoms with E-state index >= 15 is 0 Å². The lowest BCUT2D eigenvalue weighted by Gasteiger charge is -2.34. The first-order valence-electron chi connectivity index (χ1n) is 7.85. The largest absolute Gasteiger partial charge is 0.423 e. The van der Waals surface area contributed by atoms with Gasteiger partial charge in [-0.15, -0.1) is 0 Å². The Balaban J connectivity index is 2.00. The van der Waals surface area contributed by atoms with Crippen LogP contribution in [0.4, 0.5) is 0 Å². The van der Waals surface area contributed by atoms with Gasteiger partial charge in [0.05, 0.1) is 0 Å². The van der Waals surface area contributed by atoms with Crippen molar-refractivity contribution in [1.82, 2.24) is 0 Å². The minimum absolute atomic E-state index is 0.362. The molecule has 0 atom stereocenters. The van der Waals surface area contributed by atoms with Crippen LogP contribution in [0.2, 0.25) is 0 Å². The number of benzene rings is 3. The molecule has 1 aromatic heterocycles. The third-order valence-electron chi connectivity index (χ3n) is 4.06. The van der Waals surface area contributed by atoms with Gasteiger partial charge in [0.1, 0.15) is 5.58 Å². The minimum Gasteiger partial charge on any atom is -0.423 e. The molecular formula is C21H15ClO2S. The molecule has 0 radical (unpaired) electrons. The van der Waals surface area contributed by atoms with Gasteiger partial charge in [0.25, 0.3) is 0 Å². The highest BCUT2D eigenvalue weighted by atomic mass is 35.7. The van der Waals surface area contributed by atoms with Gasteiger partial charge in [-0.1, -0.05) is 62.4 Å². The van der Waals surface area contributed by atoms with Gasteiger partial charge in [0.15, 0.2) is 0 Å². The van der Waals surface area contributed by atoms with Crippen LogP contribution in [0, 0.1) is 0 Å². The highest BCUT2D eigenvalue weighted by molar-refractivity contribution is 8.51. The van der Waals surface area contributed by atoms with E-state index in [0.717, 1.165) is 20.1 Å². The molecule has 0 saturated heterocycles. The van der Waals surface area contributed by atoms with Crippen LogP contribution >= 0.6 is 19.9 Å². The summed E-state index contributed by atoms with van der Waals surface area (Å²) in [6.07, 6.45) is 0. The Morgan fingerprint density at radius 2 is 1.24 bits per heavy atom. The number of halogens is 1. The molecule has 0 fully saturated rings. The summed E-state index contributed by atoms with van der Waals surface area (Å²) < 4.78 is 5.37. The second kappa shape index (κ2) is 6.43. The Morgan fingerprint density at radius 1 is 0.680 bits per heavy atom. The standard InChI is InChI=1S/C21H15ClO2S/c22-25(17-7-3-1-4-8-17,18-9-5-2-6-10-18)19-13-11-16-12-14-21(23)24-20(16)15-19/h1-15H. The van der Waals surface area contributed by atoms with E-state index in [1.165, 1.54) is 6.07 Å². The van der Waals surface area contributed by atoms with Gasteiger partial charge < -0.3 is 4.42 Å². The highest BCUT2D eigenvalue weighted by Crippen LogP contribution is 2.72. The Labute approximate surface area is 151 Å². The fourth-order valence-electron chi connectivity index (χ4n) is 2.84. The molecule has 1 heterocycles. The molecule has 0 amide bonds. The number of hydrogen-bond donors (Lipinski definition) is 0. The van der Waals surface area contributed by atoms with Crippen LogP contribution in [-0.4, -0.2) is 0 Å². The lowest BCUT2D eigenvalue weighted by Crippen LogP contribution is -1.98. The first-order valence-corrected chi connectivity index (χ1v) is 10.3. The molecule has 4 aromatic rings. The highest BCUT2D eigenvalue weighted by Gasteiger charge is 2.29. The first kappa shape index (κ1) is 16.0. The molecule has 0 saturated carbocycles. The lowest BCUT2D eigenvalue weighted by molar-refractivity contribution is 0.560. The Hall–Kier alpha value is -2.49. The quantitative estimate of drug-likeness (QED) is 0.402. The predicted molar refractivity (Wildman–Crippen MR) is 104 cm³/mol. The van der Waals surface area contributed by atoms with Crippen LogP contribution in [-0.2, 0) is 0 Å². The van der Waals surface area contributed by atoms with Crippen molar-refractivity contribution in [2.75, 3.05) is 0 Å². The van der Waals surface area contributed by atoms with Crippen LogP contribution in [0.25, 0.3) is 11.0 Å². The molecule has 25 heavy (non-hydrogen) atoms. The van der Waals surface area contributed by atoms with E-state index < -0.39 is 9.24 Å². The Bertz CT molecular complexity index is 1040. The molecule has 0 unspecified atom stereocenters. The summed E-state index contributed by atoms with van der Waals surface area (Å²) in [5.74, 6) is 0. The van der Waals surface area contributed by atoms with Crippen molar-refractivity contribution in [3.05, 3.63) is 101 Å². The van der Waals surface area contributed by atoms with Gasteiger partial charge >= 0.3 is 5.63 Å². The van der Waals surface area contributed by atoms with E-state index in [-0.39, 0.29) is 5.63 Å². The van der Waals surface area contributed by atoms with E-state index in [2.05, 4.69) is 0 Å². The third-order valence-corrected chi connectivity index (χ3v) is 8.41. The number of hydrogen-bond acceptors (Lipinski definition) is 2. The summed E-state index contributed by atoms with van der Waals surface area (Å²) in [6.45, 7) is 0. The van der Waals surface area contributed by atoms with Gasteiger partial charge in [-0.3, -0.25) is 0 Å². The van der Waals surface area contributed by atoms with Gasteiger partial charge in [-0.05, 0) is 42.5 Å². The van der Waals surface area contributed by atoms with Crippen LogP contribution < -0.4 is 5.63 Å². The van der Waals surface area contributed by atoms with Crippen molar-refractivity contribution in [2.45, 2.75) is 14.7 Å². The van der Waals surface area contributed by atoms with Crippen molar-refractivity contribution in [2.24, 2.45) is 0 Å². The molecule has 4 rings (SSSR count). The topological polar surface area (TPSA) is 30.2 Å². The molecule has 124 valence electrons. The van der Waals surface area contributed by atoms with Crippen LogP contribution in [0.15, 0.2) is 115 Å². The van der Waals surface area contributed by atoms with Crippen molar-refractivity contribution in [1.29, 1.82) is 0 Å². The van der Waals surface area contributed by atoms with E-state index in [1.807, 2.05) is 78.9 Å². The molecule has 0 aliphatic heterocycles. The third kappa shape index (κ3) is 2.86. The van der Waals surface area contributed by atoms with Crippen molar-refractivity contribution in [3.8, 4) is 0 Å². The zero-order chi connectivity index (χ0) is 17.3. The minimum atomic E-state index is -1.97. The monoisotopic (exact) mass is 366 g/mol. The first-order chi connectivity index (χ1) is 12.2. The summed E-state index contributed by atoms with van der Waals surface area (Å²) in [7, 11) is 5.35. The Morgan fingerprint density at radius 3 is 1.84 bits per heavy atom. The summed E-state index contributed by atoms with van der Waals surface area (Å²) in [5.41, 5.74) is 0.189. The molecule has 0 aliphatic rings. The van der Waals surface area contributed by atoms with Gasteiger partial charge in [-0.25, -0.2) is 4.79 Å². The van der Waals surface area contributed by atoms with E-state index in [4.69, 9.17) is 15.1 Å². The summed E-state index contributed by atoms with van der Waals surface area (Å²) >= 11 is 0. The zero-order valence-electron chi connectivity index (χ0n) is 13.3. The molecule has 2 nitrogen and oxygen atoms in total. The van der Waals surface area contributed by atoms with E-state index in [9.17, 15) is 4.79 Å². The molecule has 0 bridgehead atoms. The molecule has 3 aromatic carbocycles. The smallest absolute Gasteiger partial charge is 0.336 e. The van der Waals surface area contributed by atoms with Gasteiger partial charge in [0.2, 0.25) is 0 Å². The maximum absolute atomic E-state index is 11.6. The second-order valence-electron chi connectivity index (χ2n) is 5.62. The lowest BCUT2D eigenvalue weighted by atomic mass is 10.2. The maximum atomic E-state index is 11.6. The maximum Gasteiger partial charge on any atom is 0.336 e. The molecule has 0 aliphatic carbocycles. The molecular weight excluding hydrogens is 352 g/mol. The molecule has 0 spiro atoms. The second-order valence-corrected chi connectivity index (χ2v) is 9.50. The van der Waals surface area contributed by atoms with Gasteiger partial charge in [-0.2, -0.15) is 0 Å². The zero-order valence-corrected chi connectivity index (χ0v) is 14.8. The van der Waals surface area contributed by atoms with Crippen molar-refractivity contribution in [3.63, 3.8) is 0 Å². The van der Waals surface area contributed by atoms with E-state index in [0.29, 0.717) is 5.58 Å².